The zero-order valence-corrected chi connectivity index (χ0v) is 12.0. The van der Waals surface area contributed by atoms with Crippen LogP contribution in [0, 0.1) is 5.82 Å². The average molecular weight is 269 g/mol. The van der Waals surface area contributed by atoms with Crippen molar-refractivity contribution in [2.24, 2.45) is 0 Å². The standard InChI is InChI=1S/C15H24FNO2/c1-4-17(5-2)10-9-13(18)11-12-7-6-8-14(19-3)15(12)16/h6-8,13,18H,4-5,9-11H2,1-3H3. The molecule has 1 aromatic carbocycles. The lowest BCUT2D eigenvalue weighted by atomic mass is 10.0. The van der Waals surface area contributed by atoms with Crippen LogP contribution in [-0.2, 0) is 6.42 Å². The van der Waals surface area contributed by atoms with Gasteiger partial charge in [0.15, 0.2) is 11.6 Å². The zero-order valence-electron chi connectivity index (χ0n) is 12.0. The highest BCUT2D eigenvalue weighted by atomic mass is 19.1. The highest BCUT2D eigenvalue weighted by Gasteiger charge is 2.13. The van der Waals surface area contributed by atoms with E-state index in [0.717, 1.165) is 19.6 Å². The fraction of sp³-hybridized carbons (Fsp3) is 0.600. The third kappa shape index (κ3) is 4.80. The Morgan fingerprint density at radius 2 is 2.00 bits per heavy atom. The summed E-state index contributed by atoms with van der Waals surface area (Å²) in [6, 6.07) is 5.02. The maximum Gasteiger partial charge on any atom is 0.168 e. The van der Waals surface area contributed by atoms with E-state index in [0.29, 0.717) is 18.4 Å². The molecule has 3 nitrogen and oxygen atoms in total. The molecule has 0 aliphatic heterocycles. The molecule has 0 aromatic heterocycles. The lowest BCUT2D eigenvalue weighted by Gasteiger charge is -2.20. The monoisotopic (exact) mass is 269 g/mol. The molecule has 1 atom stereocenters. The Bertz CT molecular complexity index is 380. The summed E-state index contributed by atoms with van der Waals surface area (Å²) in [5.41, 5.74) is 0.506. The number of rotatable bonds is 8. The Balaban J connectivity index is 2.55. The highest BCUT2D eigenvalue weighted by molar-refractivity contribution is 5.31. The molecule has 19 heavy (non-hydrogen) atoms. The normalized spacial score (nSPS) is 12.7. The molecule has 0 bridgehead atoms. The SMILES string of the molecule is CCN(CC)CCC(O)Cc1cccc(OC)c1F. The van der Waals surface area contributed by atoms with Crippen molar-refractivity contribution in [2.45, 2.75) is 32.8 Å². The number of aliphatic hydroxyl groups excluding tert-OH is 1. The predicted molar refractivity (Wildman–Crippen MR) is 75.1 cm³/mol. The maximum absolute atomic E-state index is 13.9. The van der Waals surface area contributed by atoms with E-state index < -0.39 is 6.10 Å². The number of ether oxygens (including phenoxy) is 1. The first kappa shape index (κ1) is 15.9. The first-order valence-corrected chi connectivity index (χ1v) is 6.84. The second kappa shape index (κ2) is 8.12. The van der Waals surface area contributed by atoms with Gasteiger partial charge in [-0.3, -0.25) is 0 Å². The Morgan fingerprint density at radius 3 is 2.58 bits per heavy atom. The number of benzene rings is 1. The van der Waals surface area contributed by atoms with E-state index in [4.69, 9.17) is 4.74 Å². The van der Waals surface area contributed by atoms with Crippen molar-refractivity contribution in [3.8, 4) is 5.75 Å². The molecule has 1 aromatic rings. The molecule has 0 aliphatic rings. The van der Waals surface area contributed by atoms with E-state index in [1.54, 1.807) is 18.2 Å². The summed E-state index contributed by atoms with van der Waals surface area (Å²) in [7, 11) is 1.44. The van der Waals surface area contributed by atoms with Crippen molar-refractivity contribution in [3.05, 3.63) is 29.6 Å². The number of halogens is 1. The molecule has 0 aliphatic carbocycles. The van der Waals surface area contributed by atoms with Gasteiger partial charge >= 0.3 is 0 Å². The largest absolute Gasteiger partial charge is 0.494 e. The van der Waals surface area contributed by atoms with E-state index >= 15 is 0 Å². The topological polar surface area (TPSA) is 32.7 Å². The third-order valence-corrected chi connectivity index (χ3v) is 3.39. The Labute approximate surface area is 115 Å². The minimum atomic E-state index is -0.526. The first-order chi connectivity index (χ1) is 9.12. The van der Waals surface area contributed by atoms with Gasteiger partial charge in [-0.2, -0.15) is 0 Å². The number of methoxy groups -OCH3 is 1. The number of nitrogens with zero attached hydrogens (tertiary/aromatic N) is 1. The Hall–Kier alpha value is -1.13. The summed E-state index contributed by atoms with van der Waals surface area (Å²) in [6.07, 6.45) is 0.449. The molecule has 1 rings (SSSR count). The van der Waals surface area contributed by atoms with Crippen molar-refractivity contribution >= 4 is 0 Å². The van der Waals surface area contributed by atoms with Crippen molar-refractivity contribution in [1.29, 1.82) is 0 Å². The first-order valence-electron chi connectivity index (χ1n) is 6.84. The van der Waals surface area contributed by atoms with Crippen molar-refractivity contribution in [2.75, 3.05) is 26.7 Å². The molecule has 0 amide bonds. The summed E-state index contributed by atoms with van der Waals surface area (Å²) in [6.45, 7) is 6.96. The van der Waals surface area contributed by atoms with Gasteiger partial charge in [0.05, 0.1) is 13.2 Å². The number of hydrogen-bond acceptors (Lipinski definition) is 3. The predicted octanol–water partition coefficient (Wildman–Crippen LogP) is 2.47. The molecule has 4 heteroatoms. The second-order valence-electron chi connectivity index (χ2n) is 4.61. The summed E-state index contributed by atoms with van der Waals surface area (Å²) in [5.74, 6) is -0.139. The molecule has 1 unspecified atom stereocenters. The molecule has 0 heterocycles. The summed E-state index contributed by atoms with van der Waals surface area (Å²) in [4.78, 5) is 2.24. The van der Waals surface area contributed by atoms with Gasteiger partial charge in [-0.25, -0.2) is 4.39 Å². The van der Waals surface area contributed by atoms with Gasteiger partial charge < -0.3 is 14.7 Å². The van der Waals surface area contributed by atoms with Gasteiger partial charge in [-0.1, -0.05) is 26.0 Å². The summed E-state index contributed by atoms with van der Waals surface area (Å²) >= 11 is 0. The van der Waals surface area contributed by atoms with Crippen LogP contribution < -0.4 is 4.74 Å². The van der Waals surface area contributed by atoms with Gasteiger partial charge in [-0.15, -0.1) is 0 Å². The second-order valence-corrected chi connectivity index (χ2v) is 4.61. The van der Waals surface area contributed by atoms with Crippen LogP contribution >= 0.6 is 0 Å². The van der Waals surface area contributed by atoms with Gasteiger partial charge in [0.2, 0.25) is 0 Å². The lowest BCUT2D eigenvalue weighted by molar-refractivity contribution is 0.142. The molecule has 0 saturated heterocycles. The Kier molecular flexibility index (Phi) is 6.81. The average Bonchev–Trinajstić information content (AvgIpc) is 2.42. The molecular weight excluding hydrogens is 245 g/mol. The van der Waals surface area contributed by atoms with E-state index in [-0.39, 0.29) is 11.6 Å². The number of aliphatic hydroxyl groups is 1. The number of hydrogen-bond donors (Lipinski definition) is 1. The van der Waals surface area contributed by atoms with Crippen LogP contribution in [0.2, 0.25) is 0 Å². The summed E-state index contributed by atoms with van der Waals surface area (Å²) in [5, 5.41) is 10.00. The summed E-state index contributed by atoms with van der Waals surface area (Å²) < 4.78 is 18.9. The van der Waals surface area contributed by atoms with Crippen LogP contribution in [0.5, 0.6) is 5.75 Å². The maximum atomic E-state index is 13.9. The van der Waals surface area contributed by atoms with Crippen molar-refractivity contribution in [3.63, 3.8) is 0 Å². The fourth-order valence-electron chi connectivity index (χ4n) is 2.10. The van der Waals surface area contributed by atoms with Gasteiger partial charge in [0.25, 0.3) is 0 Å². The lowest BCUT2D eigenvalue weighted by Crippen LogP contribution is -2.27. The minimum Gasteiger partial charge on any atom is -0.494 e. The van der Waals surface area contributed by atoms with Gasteiger partial charge in [-0.05, 0) is 31.1 Å². The van der Waals surface area contributed by atoms with E-state index in [2.05, 4.69) is 18.7 Å². The van der Waals surface area contributed by atoms with Crippen LogP contribution in [0.4, 0.5) is 4.39 Å². The third-order valence-electron chi connectivity index (χ3n) is 3.39. The van der Waals surface area contributed by atoms with Crippen LogP contribution in [0.15, 0.2) is 18.2 Å². The fourth-order valence-corrected chi connectivity index (χ4v) is 2.10. The molecule has 0 radical (unpaired) electrons. The van der Waals surface area contributed by atoms with Crippen LogP contribution in [-0.4, -0.2) is 42.9 Å². The molecule has 0 spiro atoms. The molecule has 0 saturated carbocycles. The van der Waals surface area contributed by atoms with E-state index in [9.17, 15) is 9.50 Å². The minimum absolute atomic E-state index is 0.230. The molecule has 1 N–H and O–H groups in total. The molecule has 0 fully saturated rings. The molecule has 108 valence electrons. The highest BCUT2D eigenvalue weighted by Crippen LogP contribution is 2.21. The van der Waals surface area contributed by atoms with E-state index in [1.165, 1.54) is 7.11 Å². The molecular formula is C15H24FNO2. The van der Waals surface area contributed by atoms with Gasteiger partial charge in [0.1, 0.15) is 0 Å². The van der Waals surface area contributed by atoms with E-state index in [1.807, 2.05) is 0 Å². The van der Waals surface area contributed by atoms with Crippen LogP contribution in [0.25, 0.3) is 0 Å². The van der Waals surface area contributed by atoms with Crippen molar-refractivity contribution in [1.82, 2.24) is 4.90 Å². The van der Waals surface area contributed by atoms with Crippen LogP contribution in [0.1, 0.15) is 25.8 Å². The smallest absolute Gasteiger partial charge is 0.168 e. The van der Waals surface area contributed by atoms with Gasteiger partial charge in [0, 0.05) is 13.0 Å². The Morgan fingerprint density at radius 1 is 1.32 bits per heavy atom. The quantitative estimate of drug-likeness (QED) is 0.787. The van der Waals surface area contributed by atoms with Crippen LogP contribution in [0.3, 0.4) is 0 Å². The zero-order chi connectivity index (χ0) is 14.3. The van der Waals surface area contributed by atoms with Crippen molar-refractivity contribution < 1.29 is 14.2 Å².